The zero-order valence-electron chi connectivity index (χ0n) is 36.4. The van der Waals surface area contributed by atoms with E-state index in [1.807, 2.05) is 27.7 Å². The number of rotatable bonds is 8. The molecule has 2 fully saturated rings. The number of hydrogen-bond donors (Lipinski definition) is 4. The second-order valence-electron chi connectivity index (χ2n) is 16.8. The highest BCUT2D eigenvalue weighted by Gasteiger charge is 2.41. The highest BCUT2D eigenvalue weighted by atomic mass is 16.3. The number of carbonyl (C=O) groups excluding carboxylic acids is 8. The average Bonchev–Trinajstić information content (AvgIpc) is 3.20. The number of benzene rings is 1. The molecule has 17 heteroatoms. The maximum absolute atomic E-state index is 14.4. The third kappa shape index (κ3) is 13.0. The summed E-state index contributed by atoms with van der Waals surface area (Å²) in [7, 11) is 5.43. The minimum atomic E-state index is -1.62. The number of imide groups is 1. The summed E-state index contributed by atoms with van der Waals surface area (Å²) in [5.74, 6) is -5.22. The second kappa shape index (κ2) is 21.8. The number of likely N-dealkylation sites (N-methyl/N-ethyl adjacent to an activating group) is 4. The molecule has 2 heterocycles. The van der Waals surface area contributed by atoms with Crippen LogP contribution in [0.15, 0.2) is 30.3 Å². The molecule has 7 atom stereocenters. The molecular formula is C42H66N8O9. The van der Waals surface area contributed by atoms with Crippen LogP contribution in [0.2, 0.25) is 0 Å². The Bertz CT molecular complexity index is 1670. The Hall–Kier alpha value is -5.06. The molecule has 0 spiro atoms. The highest BCUT2D eigenvalue weighted by molar-refractivity contribution is 6.01. The molecule has 3 rings (SSSR count). The number of likely N-dealkylation sites (tertiary alicyclic amines) is 1. The van der Waals surface area contributed by atoms with Crippen molar-refractivity contribution in [3.63, 3.8) is 0 Å². The molecular weight excluding hydrogens is 761 g/mol. The van der Waals surface area contributed by atoms with Crippen LogP contribution < -0.4 is 16.0 Å². The summed E-state index contributed by atoms with van der Waals surface area (Å²) in [5, 5.41) is 18.7. The van der Waals surface area contributed by atoms with Gasteiger partial charge in [-0.25, -0.2) is 4.79 Å². The van der Waals surface area contributed by atoms with Crippen LogP contribution >= 0.6 is 0 Å². The Morgan fingerprint density at radius 1 is 0.712 bits per heavy atom. The number of carbonyl (C=O) groups is 8. The van der Waals surface area contributed by atoms with E-state index in [0.29, 0.717) is 18.7 Å². The van der Waals surface area contributed by atoms with Crippen molar-refractivity contribution in [2.24, 2.45) is 11.8 Å². The van der Waals surface area contributed by atoms with Gasteiger partial charge in [-0.15, -0.1) is 0 Å². The molecule has 1 aromatic rings. The summed E-state index contributed by atoms with van der Waals surface area (Å²) in [4.78, 5) is 119. The van der Waals surface area contributed by atoms with Crippen molar-refractivity contribution in [3.05, 3.63) is 35.9 Å². The molecule has 1 aromatic carbocycles. The Morgan fingerprint density at radius 2 is 1.31 bits per heavy atom. The Balaban J connectivity index is 2.18. The van der Waals surface area contributed by atoms with Gasteiger partial charge in [-0.3, -0.25) is 38.5 Å². The normalized spacial score (nSPS) is 26.1. The van der Waals surface area contributed by atoms with Gasteiger partial charge in [-0.1, -0.05) is 58.0 Å². The molecule has 0 saturated carbocycles. The van der Waals surface area contributed by atoms with Crippen molar-refractivity contribution in [1.29, 1.82) is 0 Å². The molecule has 0 aromatic heterocycles. The monoisotopic (exact) mass is 826 g/mol. The topological polar surface area (TPSA) is 209 Å². The summed E-state index contributed by atoms with van der Waals surface area (Å²) in [6.07, 6.45) is 0.602. The van der Waals surface area contributed by atoms with E-state index in [2.05, 4.69) is 16.0 Å². The molecule has 17 nitrogen and oxygen atoms in total. The van der Waals surface area contributed by atoms with E-state index in [1.54, 1.807) is 35.2 Å². The molecule has 0 bridgehead atoms. The van der Waals surface area contributed by atoms with E-state index in [1.165, 1.54) is 51.8 Å². The summed E-state index contributed by atoms with van der Waals surface area (Å²) in [6, 6.07) is 0.271. The maximum atomic E-state index is 14.4. The molecule has 2 aliphatic rings. The molecule has 2 aliphatic heterocycles. The number of hydrogen-bond acceptors (Lipinski definition) is 9. The quantitative estimate of drug-likeness (QED) is 0.296. The fraction of sp³-hybridized carbons (Fsp3) is 0.667. The van der Waals surface area contributed by atoms with Crippen LogP contribution in [0.25, 0.3) is 0 Å². The lowest BCUT2D eigenvalue weighted by atomic mass is 10.0. The van der Waals surface area contributed by atoms with Gasteiger partial charge in [0.05, 0.1) is 12.5 Å². The third-order valence-electron chi connectivity index (χ3n) is 11.1. The lowest BCUT2D eigenvalue weighted by Crippen LogP contribution is -2.61. The van der Waals surface area contributed by atoms with Gasteiger partial charge in [0.15, 0.2) is 0 Å². The first kappa shape index (κ1) is 48.3. The van der Waals surface area contributed by atoms with Crippen LogP contribution in [0.1, 0.15) is 85.6 Å². The number of amides is 9. The number of nitrogens with one attached hydrogen (secondary N) is 3. The van der Waals surface area contributed by atoms with Gasteiger partial charge in [-0.2, -0.15) is 0 Å². The van der Waals surface area contributed by atoms with Gasteiger partial charge in [-0.05, 0) is 63.4 Å². The number of piperidine rings is 1. The summed E-state index contributed by atoms with van der Waals surface area (Å²) >= 11 is 0. The van der Waals surface area contributed by atoms with Gasteiger partial charge in [0.2, 0.25) is 35.4 Å². The molecule has 9 amide bonds. The lowest BCUT2D eigenvalue weighted by Gasteiger charge is -2.37. The van der Waals surface area contributed by atoms with Crippen LogP contribution in [-0.2, 0) is 40.0 Å². The first-order valence-corrected chi connectivity index (χ1v) is 20.6. The smallest absolute Gasteiger partial charge is 0.326 e. The van der Waals surface area contributed by atoms with Crippen molar-refractivity contribution in [2.45, 2.75) is 129 Å². The van der Waals surface area contributed by atoms with Gasteiger partial charge in [0, 0.05) is 47.7 Å². The lowest BCUT2D eigenvalue weighted by molar-refractivity contribution is -0.149. The van der Waals surface area contributed by atoms with Crippen molar-refractivity contribution in [1.82, 2.24) is 40.4 Å². The van der Waals surface area contributed by atoms with E-state index in [-0.39, 0.29) is 31.1 Å². The second-order valence-corrected chi connectivity index (χ2v) is 16.8. The van der Waals surface area contributed by atoms with Crippen LogP contribution in [0.3, 0.4) is 0 Å². The third-order valence-corrected chi connectivity index (χ3v) is 11.1. The summed E-state index contributed by atoms with van der Waals surface area (Å²) < 4.78 is 0. The first-order valence-electron chi connectivity index (χ1n) is 20.6. The van der Waals surface area contributed by atoms with Crippen LogP contribution in [-0.4, -0.2) is 161 Å². The van der Waals surface area contributed by atoms with E-state index < -0.39 is 96.2 Å². The fourth-order valence-corrected chi connectivity index (χ4v) is 7.44. The number of aliphatic hydroxyl groups is 1. The zero-order chi connectivity index (χ0) is 44.3. The Kier molecular flexibility index (Phi) is 17.9. The largest absolute Gasteiger partial charge is 0.391 e. The molecule has 328 valence electrons. The minimum absolute atomic E-state index is 0.0120. The summed E-state index contributed by atoms with van der Waals surface area (Å²) in [6.45, 7) is 11.0. The molecule has 0 radical (unpaired) electrons. The average molecular weight is 827 g/mol. The zero-order valence-corrected chi connectivity index (χ0v) is 36.4. The number of urea groups is 1. The maximum Gasteiger partial charge on any atom is 0.326 e. The van der Waals surface area contributed by atoms with Crippen LogP contribution in [0.5, 0.6) is 0 Å². The Labute approximate surface area is 348 Å². The predicted molar refractivity (Wildman–Crippen MR) is 220 cm³/mol. The molecule has 0 aliphatic carbocycles. The summed E-state index contributed by atoms with van der Waals surface area (Å²) in [5.41, 5.74) is 0.693. The highest BCUT2D eigenvalue weighted by Crippen LogP contribution is 2.19. The molecule has 2 saturated heterocycles. The van der Waals surface area contributed by atoms with E-state index in [9.17, 15) is 43.5 Å². The van der Waals surface area contributed by atoms with Crippen molar-refractivity contribution < 1.29 is 43.5 Å². The van der Waals surface area contributed by atoms with E-state index in [0.717, 1.165) is 29.1 Å². The molecule has 2 unspecified atom stereocenters. The van der Waals surface area contributed by atoms with Crippen molar-refractivity contribution in [2.75, 3.05) is 41.3 Å². The van der Waals surface area contributed by atoms with E-state index >= 15 is 0 Å². The van der Waals surface area contributed by atoms with Gasteiger partial charge in [0.1, 0.15) is 36.3 Å². The number of aliphatic hydroxyl groups excluding tert-OH is 1. The van der Waals surface area contributed by atoms with Crippen LogP contribution in [0.4, 0.5) is 4.79 Å². The van der Waals surface area contributed by atoms with Gasteiger partial charge >= 0.3 is 6.03 Å². The van der Waals surface area contributed by atoms with Gasteiger partial charge in [0.25, 0.3) is 5.91 Å². The Morgan fingerprint density at radius 3 is 1.86 bits per heavy atom. The standard InChI is InChI=1S/C42H66N8O9/c1-25(2)21-30-39(56)46(7)27(5)38(55)47(8)33(23-29-17-13-11-14-18-29)41(58)49(10)42(59)48(9)32(22-26(3)4)36(53)45-35(28(6)51)37(54)44-31(24-34(52)43-30)40(57)50-19-15-12-16-20-50/h11,13-14,17-18,25-28,30-33,35,51H,12,15-16,19-24H2,1-10H3,(H,43,52)(H,44,54)(H,45,53)/t27-,28?,30-,31?,32-,33-,35-/m0/s1. The SMILES string of the molecule is CC(C)C[C@@H]1NC(=O)CC(C(=O)N2CCCCC2)NC(=O)[C@H](C(C)O)NC(=O)[C@H](CC(C)C)N(C)C(=O)N(C)C(=O)[C@H](Cc2ccccc2)N(C)C(=O)[C@H](C)N(C)C1=O. The van der Waals surface area contributed by atoms with E-state index in [4.69, 9.17) is 0 Å². The number of nitrogens with zero attached hydrogens (tertiary/aromatic N) is 5. The predicted octanol–water partition coefficient (Wildman–Crippen LogP) is 1.13. The van der Waals surface area contributed by atoms with Crippen molar-refractivity contribution >= 4 is 47.4 Å². The van der Waals surface area contributed by atoms with Crippen molar-refractivity contribution in [3.8, 4) is 0 Å². The minimum Gasteiger partial charge on any atom is -0.391 e. The van der Waals surface area contributed by atoms with Crippen LogP contribution in [0, 0.1) is 11.8 Å². The van der Waals surface area contributed by atoms with Gasteiger partial charge < -0.3 is 40.7 Å². The fourth-order valence-electron chi connectivity index (χ4n) is 7.44. The first-order chi connectivity index (χ1) is 27.7. The molecule has 4 N–H and O–H groups in total. The molecule has 59 heavy (non-hydrogen) atoms.